The average Bonchev–Trinajstić information content (AvgIpc) is 2.40. The Labute approximate surface area is 110 Å². The summed E-state index contributed by atoms with van der Waals surface area (Å²) < 4.78 is 5.48. The molecule has 96 valence electrons. The van der Waals surface area contributed by atoms with Gasteiger partial charge in [-0.15, -0.1) is 0 Å². The third-order valence-electron chi connectivity index (χ3n) is 4.03. The second-order valence-electron chi connectivity index (χ2n) is 5.37. The van der Waals surface area contributed by atoms with E-state index in [1.807, 2.05) is 12.1 Å². The molecule has 2 heteroatoms. The predicted molar refractivity (Wildman–Crippen MR) is 72.7 cm³/mol. The van der Waals surface area contributed by atoms with E-state index in [0.29, 0.717) is 12.3 Å². The minimum atomic E-state index is 0.486. The van der Waals surface area contributed by atoms with Crippen molar-refractivity contribution < 1.29 is 4.74 Å². The normalized spacial score (nSPS) is 23.4. The Kier molecular flexibility index (Phi) is 4.25. The Hall–Kier alpha value is -1.49. The number of rotatable bonds is 3. The number of benzene rings is 1. The van der Waals surface area contributed by atoms with Gasteiger partial charge >= 0.3 is 0 Å². The zero-order chi connectivity index (χ0) is 13.0. The van der Waals surface area contributed by atoms with Crippen molar-refractivity contribution in [3.8, 4) is 11.8 Å². The van der Waals surface area contributed by atoms with Gasteiger partial charge in [-0.05, 0) is 41.9 Å². The third-order valence-corrected chi connectivity index (χ3v) is 4.03. The van der Waals surface area contributed by atoms with E-state index in [9.17, 15) is 0 Å². The monoisotopic (exact) mass is 243 g/mol. The highest BCUT2D eigenvalue weighted by Crippen LogP contribution is 2.39. The summed E-state index contributed by atoms with van der Waals surface area (Å²) in [5, 5.41) is 8.80. The molecule has 0 amide bonds. The molecule has 1 fully saturated rings. The molecule has 0 unspecified atom stereocenters. The predicted octanol–water partition coefficient (Wildman–Crippen LogP) is 4.05. The van der Waals surface area contributed by atoms with Crippen molar-refractivity contribution >= 4 is 0 Å². The fourth-order valence-corrected chi connectivity index (χ4v) is 2.88. The summed E-state index contributed by atoms with van der Waals surface area (Å²) in [6.07, 6.45) is 5.58. The van der Waals surface area contributed by atoms with Crippen LogP contribution in [-0.2, 0) is 6.42 Å². The first-order chi connectivity index (χ1) is 8.74. The lowest BCUT2D eigenvalue weighted by molar-refractivity contribution is 0.336. The van der Waals surface area contributed by atoms with Crippen LogP contribution >= 0.6 is 0 Å². The van der Waals surface area contributed by atoms with Crippen LogP contribution in [0.15, 0.2) is 18.2 Å². The van der Waals surface area contributed by atoms with Gasteiger partial charge in [0.15, 0.2) is 0 Å². The highest BCUT2D eigenvalue weighted by Gasteiger charge is 2.22. The smallest absolute Gasteiger partial charge is 0.122 e. The van der Waals surface area contributed by atoms with Crippen LogP contribution in [0.3, 0.4) is 0 Å². The van der Waals surface area contributed by atoms with E-state index < -0.39 is 0 Å². The van der Waals surface area contributed by atoms with Gasteiger partial charge in [0.1, 0.15) is 5.75 Å². The Balaban J connectivity index is 2.23. The van der Waals surface area contributed by atoms with Crippen molar-refractivity contribution in [3.63, 3.8) is 0 Å². The number of nitriles is 1. The molecule has 0 saturated heterocycles. The summed E-state index contributed by atoms with van der Waals surface area (Å²) in [5.41, 5.74) is 2.41. The average molecular weight is 243 g/mol. The second-order valence-corrected chi connectivity index (χ2v) is 5.37. The van der Waals surface area contributed by atoms with Gasteiger partial charge in [-0.25, -0.2) is 0 Å². The maximum absolute atomic E-state index is 8.80. The first-order valence-corrected chi connectivity index (χ1v) is 6.78. The van der Waals surface area contributed by atoms with Gasteiger partial charge in [0, 0.05) is 0 Å². The first kappa shape index (κ1) is 13.0. The second kappa shape index (κ2) is 5.91. The summed E-state index contributed by atoms with van der Waals surface area (Å²) >= 11 is 0. The third kappa shape index (κ3) is 2.85. The fraction of sp³-hybridized carbons (Fsp3) is 0.562. The van der Waals surface area contributed by atoms with Gasteiger partial charge < -0.3 is 4.74 Å². The molecule has 0 radical (unpaired) electrons. The zero-order valence-electron chi connectivity index (χ0n) is 11.3. The van der Waals surface area contributed by atoms with E-state index in [1.165, 1.54) is 31.2 Å². The molecular formula is C16H21NO. The lowest BCUT2D eigenvalue weighted by Gasteiger charge is -2.27. The lowest BCUT2D eigenvalue weighted by atomic mass is 9.79. The molecule has 0 heterocycles. The highest BCUT2D eigenvalue weighted by molar-refractivity contribution is 5.40. The summed E-state index contributed by atoms with van der Waals surface area (Å²) in [4.78, 5) is 0. The molecule has 2 nitrogen and oxygen atoms in total. The van der Waals surface area contributed by atoms with Crippen LogP contribution in [0.25, 0.3) is 0 Å². The van der Waals surface area contributed by atoms with Crippen molar-refractivity contribution in [1.82, 2.24) is 0 Å². The number of ether oxygens (including phenoxy) is 1. The van der Waals surface area contributed by atoms with Gasteiger partial charge in [-0.1, -0.05) is 31.9 Å². The number of nitrogens with zero attached hydrogens (tertiary/aromatic N) is 1. The van der Waals surface area contributed by atoms with Crippen LogP contribution in [-0.4, -0.2) is 7.11 Å². The highest BCUT2D eigenvalue weighted by atomic mass is 16.5. The lowest BCUT2D eigenvalue weighted by Crippen LogP contribution is -2.12. The molecule has 2 rings (SSSR count). The van der Waals surface area contributed by atoms with Gasteiger partial charge in [0.05, 0.1) is 19.6 Å². The Morgan fingerprint density at radius 1 is 1.28 bits per heavy atom. The van der Waals surface area contributed by atoms with Crippen LogP contribution in [0, 0.1) is 17.2 Å². The number of methoxy groups -OCH3 is 1. The van der Waals surface area contributed by atoms with E-state index in [1.54, 1.807) is 7.11 Å². The van der Waals surface area contributed by atoms with Crippen LogP contribution in [0.2, 0.25) is 0 Å². The van der Waals surface area contributed by atoms with Gasteiger partial charge in [0.2, 0.25) is 0 Å². The Morgan fingerprint density at radius 3 is 2.61 bits per heavy atom. The quantitative estimate of drug-likeness (QED) is 0.802. The van der Waals surface area contributed by atoms with Gasteiger partial charge in [-0.2, -0.15) is 5.26 Å². The molecule has 0 aliphatic heterocycles. The number of hydrogen-bond donors (Lipinski definition) is 0. The molecule has 0 atom stereocenters. The van der Waals surface area contributed by atoms with E-state index >= 15 is 0 Å². The van der Waals surface area contributed by atoms with E-state index in [4.69, 9.17) is 10.00 Å². The molecule has 0 N–H and O–H groups in total. The van der Waals surface area contributed by atoms with Gasteiger partial charge in [-0.3, -0.25) is 0 Å². The van der Waals surface area contributed by atoms with Crippen molar-refractivity contribution in [3.05, 3.63) is 29.3 Å². The summed E-state index contributed by atoms with van der Waals surface area (Å²) in [6, 6.07) is 8.40. The molecular weight excluding hydrogens is 222 g/mol. The fourth-order valence-electron chi connectivity index (χ4n) is 2.88. The minimum absolute atomic E-state index is 0.486. The molecule has 18 heavy (non-hydrogen) atoms. The van der Waals surface area contributed by atoms with Crippen LogP contribution in [0.5, 0.6) is 5.75 Å². The molecule has 1 aromatic carbocycles. The van der Waals surface area contributed by atoms with Crippen molar-refractivity contribution in [2.45, 2.75) is 44.9 Å². The van der Waals surface area contributed by atoms with E-state index in [-0.39, 0.29) is 0 Å². The molecule has 1 saturated carbocycles. The van der Waals surface area contributed by atoms with Crippen molar-refractivity contribution in [2.24, 2.45) is 5.92 Å². The Bertz CT molecular complexity index is 439. The maximum Gasteiger partial charge on any atom is 0.122 e. The van der Waals surface area contributed by atoms with Gasteiger partial charge in [0.25, 0.3) is 0 Å². The zero-order valence-corrected chi connectivity index (χ0v) is 11.3. The van der Waals surface area contributed by atoms with Crippen molar-refractivity contribution in [1.29, 1.82) is 5.26 Å². The molecule has 1 aromatic rings. The molecule has 0 bridgehead atoms. The minimum Gasteiger partial charge on any atom is -0.496 e. The number of hydrogen-bond acceptors (Lipinski definition) is 2. The SMILES string of the molecule is COc1ccc(CC#N)cc1C1CCC(C)CC1. The Morgan fingerprint density at radius 2 is 2.00 bits per heavy atom. The molecule has 1 aliphatic rings. The van der Waals surface area contributed by atoms with Crippen LogP contribution < -0.4 is 4.74 Å². The standard InChI is InChI=1S/C16H21NO/c1-12-3-6-14(7-4-12)15-11-13(9-10-17)5-8-16(15)18-2/h5,8,11-12,14H,3-4,6-7,9H2,1-2H3. The van der Waals surface area contributed by atoms with Crippen LogP contribution in [0.4, 0.5) is 0 Å². The summed E-state index contributed by atoms with van der Waals surface area (Å²) in [6.45, 7) is 2.33. The summed E-state index contributed by atoms with van der Waals surface area (Å²) in [7, 11) is 1.73. The molecule has 1 aliphatic carbocycles. The largest absolute Gasteiger partial charge is 0.496 e. The van der Waals surface area contributed by atoms with Crippen molar-refractivity contribution in [2.75, 3.05) is 7.11 Å². The van der Waals surface area contributed by atoms with E-state index in [2.05, 4.69) is 19.1 Å². The molecule has 0 spiro atoms. The van der Waals surface area contributed by atoms with E-state index in [0.717, 1.165) is 17.2 Å². The summed E-state index contributed by atoms with van der Waals surface area (Å²) in [5.74, 6) is 2.44. The first-order valence-electron chi connectivity index (χ1n) is 6.78. The maximum atomic E-state index is 8.80. The topological polar surface area (TPSA) is 33.0 Å². The molecule has 0 aromatic heterocycles. The van der Waals surface area contributed by atoms with Crippen LogP contribution in [0.1, 0.15) is 49.7 Å².